The average molecular weight is 280 g/mol. The highest BCUT2D eigenvalue weighted by molar-refractivity contribution is 5.81. The summed E-state index contributed by atoms with van der Waals surface area (Å²) in [6.45, 7) is 9.10. The Morgan fingerprint density at radius 1 is 1.05 bits per heavy atom. The van der Waals surface area contributed by atoms with Gasteiger partial charge in [-0.15, -0.1) is 0 Å². The van der Waals surface area contributed by atoms with Crippen molar-refractivity contribution in [2.75, 3.05) is 19.6 Å². The summed E-state index contributed by atoms with van der Waals surface area (Å²) >= 11 is 0. The first-order chi connectivity index (χ1) is 9.47. The minimum Gasteiger partial charge on any atom is -0.342 e. The second-order valence-electron chi connectivity index (χ2n) is 7.73. The van der Waals surface area contributed by atoms with E-state index in [9.17, 15) is 4.79 Å². The maximum atomic E-state index is 12.2. The zero-order valence-corrected chi connectivity index (χ0v) is 13.6. The molecule has 0 atom stereocenters. The Balaban J connectivity index is 1.67. The minimum absolute atomic E-state index is 0.234. The minimum atomic E-state index is -0.234. The third-order valence-electron chi connectivity index (χ3n) is 4.84. The molecular formula is C17H32N2O. The SMILES string of the molecule is CC(C)(C)C(=O)N1CCC(NCC2CCCCC2)CC1. The van der Waals surface area contributed by atoms with Gasteiger partial charge in [-0.25, -0.2) is 0 Å². The van der Waals surface area contributed by atoms with Gasteiger partial charge in [0.25, 0.3) is 0 Å². The molecule has 0 radical (unpaired) electrons. The predicted octanol–water partition coefficient (Wildman–Crippen LogP) is 3.19. The van der Waals surface area contributed by atoms with E-state index in [1.54, 1.807) is 0 Å². The fourth-order valence-electron chi connectivity index (χ4n) is 3.49. The van der Waals surface area contributed by atoms with E-state index < -0.39 is 0 Å². The van der Waals surface area contributed by atoms with Gasteiger partial charge in [-0.05, 0) is 38.1 Å². The molecule has 1 saturated carbocycles. The molecule has 116 valence electrons. The van der Waals surface area contributed by atoms with E-state index in [2.05, 4.69) is 10.2 Å². The summed E-state index contributed by atoms with van der Waals surface area (Å²) in [5, 5.41) is 3.75. The topological polar surface area (TPSA) is 32.3 Å². The third kappa shape index (κ3) is 4.47. The summed E-state index contributed by atoms with van der Waals surface area (Å²) in [6, 6.07) is 0.626. The van der Waals surface area contributed by atoms with Crippen LogP contribution >= 0.6 is 0 Å². The van der Waals surface area contributed by atoms with E-state index in [1.807, 2.05) is 20.8 Å². The first-order valence-electron chi connectivity index (χ1n) is 8.49. The summed E-state index contributed by atoms with van der Waals surface area (Å²) in [7, 11) is 0. The van der Waals surface area contributed by atoms with Gasteiger partial charge < -0.3 is 10.2 Å². The smallest absolute Gasteiger partial charge is 0.227 e. The largest absolute Gasteiger partial charge is 0.342 e. The van der Waals surface area contributed by atoms with Gasteiger partial charge in [0.05, 0.1) is 0 Å². The van der Waals surface area contributed by atoms with Crippen molar-refractivity contribution < 1.29 is 4.79 Å². The van der Waals surface area contributed by atoms with Crippen molar-refractivity contribution in [3.63, 3.8) is 0 Å². The van der Waals surface area contributed by atoms with Crippen LogP contribution in [0, 0.1) is 11.3 Å². The zero-order valence-electron chi connectivity index (χ0n) is 13.6. The highest BCUT2D eigenvalue weighted by Crippen LogP contribution is 2.24. The Hall–Kier alpha value is -0.570. The molecule has 1 saturated heterocycles. The molecule has 0 aromatic rings. The Kier molecular flexibility index (Phi) is 5.48. The number of piperidine rings is 1. The molecule has 0 spiro atoms. The monoisotopic (exact) mass is 280 g/mol. The fourth-order valence-corrected chi connectivity index (χ4v) is 3.49. The van der Waals surface area contributed by atoms with Gasteiger partial charge in [0.2, 0.25) is 5.91 Å². The number of hydrogen-bond donors (Lipinski definition) is 1. The summed E-state index contributed by atoms with van der Waals surface area (Å²) in [6.07, 6.45) is 9.34. The van der Waals surface area contributed by atoms with E-state index in [1.165, 1.54) is 38.6 Å². The predicted molar refractivity (Wildman–Crippen MR) is 83.6 cm³/mol. The number of hydrogen-bond acceptors (Lipinski definition) is 2. The Bertz CT molecular complexity index is 307. The van der Waals surface area contributed by atoms with Crippen LogP contribution in [0.15, 0.2) is 0 Å². The number of nitrogens with zero attached hydrogens (tertiary/aromatic N) is 1. The van der Waals surface area contributed by atoms with Crippen LogP contribution in [0.25, 0.3) is 0 Å². The van der Waals surface area contributed by atoms with Crippen LogP contribution in [-0.4, -0.2) is 36.5 Å². The molecule has 1 aliphatic carbocycles. The summed E-state index contributed by atoms with van der Waals surface area (Å²) in [5.74, 6) is 1.21. The van der Waals surface area contributed by atoms with Gasteiger partial charge in [-0.3, -0.25) is 4.79 Å². The number of carbonyl (C=O) groups excluding carboxylic acids is 1. The molecule has 2 rings (SSSR count). The Morgan fingerprint density at radius 2 is 1.65 bits per heavy atom. The van der Waals surface area contributed by atoms with Gasteiger partial charge in [-0.1, -0.05) is 40.0 Å². The second-order valence-corrected chi connectivity index (χ2v) is 7.73. The number of nitrogens with one attached hydrogen (secondary N) is 1. The molecule has 3 heteroatoms. The van der Waals surface area contributed by atoms with E-state index >= 15 is 0 Å². The molecule has 0 bridgehead atoms. The maximum absolute atomic E-state index is 12.2. The van der Waals surface area contributed by atoms with Crippen LogP contribution in [0.1, 0.15) is 65.7 Å². The van der Waals surface area contributed by atoms with Gasteiger partial charge >= 0.3 is 0 Å². The van der Waals surface area contributed by atoms with Crippen LogP contribution in [0.5, 0.6) is 0 Å². The van der Waals surface area contributed by atoms with Crippen molar-refractivity contribution in [3.8, 4) is 0 Å². The lowest BCUT2D eigenvalue weighted by molar-refractivity contribution is -0.140. The third-order valence-corrected chi connectivity index (χ3v) is 4.84. The lowest BCUT2D eigenvalue weighted by Gasteiger charge is -2.36. The van der Waals surface area contributed by atoms with Gasteiger partial charge in [-0.2, -0.15) is 0 Å². The highest BCUT2D eigenvalue weighted by atomic mass is 16.2. The molecule has 20 heavy (non-hydrogen) atoms. The van der Waals surface area contributed by atoms with Crippen molar-refractivity contribution in [2.45, 2.75) is 71.8 Å². The number of carbonyl (C=O) groups is 1. The van der Waals surface area contributed by atoms with Gasteiger partial charge in [0.1, 0.15) is 0 Å². The average Bonchev–Trinajstić information content (AvgIpc) is 2.45. The lowest BCUT2D eigenvalue weighted by Crippen LogP contribution is -2.48. The van der Waals surface area contributed by atoms with Crippen LogP contribution in [0.2, 0.25) is 0 Å². The molecule has 1 amide bonds. The van der Waals surface area contributed by atoms with E-state index in [0.29, 0.717) is 11.9 Å². The van der Waals surface area contributed by atoms with E-state index in [-0.39, 0.29) is 5.41 Å². The normalized spacial score (nSPS) is 23.1. The molecule has 2 fully saturated rings. The summed E-state index contributed by atoms with van der Waals surface area (Å²) < 4.78 is 0. The van der Waals surface area contributed by atoms with Crippen LogP contribution in [0.4, 0.5) is 0 Å². The van der Waals surface area contributed by atoms with Crippen LogP contribution in [-0.2, 0) is 4.79 Å². The van der Waals surface area contributed by atoms with E-state index in [0.717, 1.165) is 31.8 Å². The molecule has 1 heterocycles. The van der Waals surface area contributed by atoms with Gasteiger partial charge in [0.15, 0.2) is 0 Å². The molecule has 3 nitrogen and oxygen atoms in total. The number of likely N-dealkylation sites (tertiary alicyclic amines) is 1. The number of rotatable bonds is 3. The molecular weight excluding hydrogens is 248 g/mol. The zero-order chi connectivity index (χ0) is 14.6. The van der Waals surface area contributed by atoms with Crippen LogP contribution < -0.4 is 5.32 Å². The molecule has 1 N–H and O–H groups in total. The van der Waals surface area contributed by atoms with Gasteiger partial charge in [0, 0.05) is 24.5 Å². The lowest BCUT2D eigenvalue weighted by atomic mass is 9.88. The molecule has 0 aromatic heterocycles. The maximum Gasteiger partial charge on any atom is 0.227 e. The first kappa shape index (κ1) is 15.8. The van der Waals surface area contributed by atoms with Crippen molar-refractivity contribution in [3.05, 3.63) is 0 Å². The summed E-state index contributed by atoms with van der Waals surface area (Å²) in [5.41, 5.74) is -0.234. The Morgan fingerprint density at radius 3 is 2.20 bits per heavy atom. The van der Waals surface area contributed by atoms with Crippen molar-refractivity contribution >= 4 is 5.91 Å². The molecule has 0 aromatic carbocycles. The van der Waals surface area contributed by atoms with Crippen molar-refractivity contribution in [1.29, 1.82) is 0 Å². The van der Waals surface area contributed by atoms with Crippen molar-refractivity contribution in [1.82, 2.24) is 10.2 Å². The highest BCUT2D eigenvalue weighted by Gasteiger charge is 2.30. The van der Waals surface area contributed by atoms with Crippen molar-refractivity contribution in [2.24, 2.45) is 11.3 Å². The standard InChI is InChI=1S/C17H32N2O/c1-17(2,3)16(20)19-11-9-15(10-12-19)18-13-14-7-5-4-6-8-14/h14-15,18H,4-13H2,1-3H3. The second kappa shape index (κ2) is 6.93. The van der Waals surface area contributed by atoms with E-state index in [4.69, 9.17) is 0 Å². The molecule has 0 unspecified atom stereocenters. The fraction of sp³-hybridized carbons (Fsp3) is 0.941. The Labute approximate surface area is 124 Å². The summed E-state index contributed by atoms with van der Waals surface area (Å²) in [4.78, 5) is 14.3. The van der Waals surface area contributed by atoms with Crippen LogP contribution in [0.3, 0.4) is 0 Å². The molecule has 1 aliphatic heterocycles. The molecule has 2 aliphatic rings. The first-order valence-corrected chi connectivity index (χ1v) is 8.49. The quantitative estimate of drug-likeness (QED) is 0.861. The number of amides is 1.